The molecule has 1 aliphatic heterocycles. The maximum Gasteiger partial charge on any atom is 0.257 e. The molecule has 0 spiro atoms. The van der Waals surface area contributed by atoms with Gasteiger partial charge in [0.05, 0.1) is 36.7 Å². The molecule has 1 amide bonds. The van der Waals surface area contributed by atoms with Crippen LogP contribution in [0.5, 0.6) is 0 Å². The maximum absolute atomic E-state index is 12.7. The monoisotopic (exact) mass is 373 g/mol. The third-order valence-corrected chi connectivity index (χ3v) is 4.91. The average molecular weight is 373 g/mol. The van der Waals surface area contributed by atoms with E-state index in [4.69, 9.17) is 9.47 Å². The Morgan fingerprint density at radius 1 is 1.46 bits per heavy atom. The van der Waals surface area contributed by atoms with Gasteiger partial charge in [0.2, 0.25) is 0 Å². The zero-order valence-electron chi connectivity index (χ0n) is 14.3. The topological polar surface area (TPSA) is 90.6 Å². The molecule has 4 heterocycles. The molecule has 0 unspecified atom stereocenters. The zero-order valence-corrected chi connectivity index (χ0v) is 15.1. The Bertz CT molecular complexity index is 895. The summed E-state index contributed by atoms with van der Waals surface area (Å²) in [6.07, 6.45) is 5.59. The van der Waals surface area contributed by atoms with Crippen molar-refractivity contribution >= 4 is 22.9 Å². The van der Waals surface area contributed by atoms with Crippen molar-refractivity contribution in [3.05, 3.63) is 46.3 Å². The number of hydrogen-bond acceptors (Lipinski definition) is 7. The van der Waals surface area contributed by atoms with Crippen molar-refractivity contribution < 1.29 is 14.3 Å². The highest BCUT2D eigenvalue weighted by Crippen LogP contribution is 2.16. The minimum Gasteiger partial charge on any atom is -0.379 e. The minimum absolute atomic E-state index is 0.129. The molecule has 0 aliphatic carbocycles. The molecule has 9 heteroatoms. The van der Waals surface area contributed by atoms with Gasteiger partial charge in [-0.25, -0.2) is 14.5 Å². The number of nitrogens with one attached hydrogen (secondary N) is 1. The number of carbonyl (C=O) groups excluding carboxylic acids is 1. The van der Waals surface area contributed by atoms with Crippen molar-refractivity contribution in [3.8, 4) is 0 Å². The predicted molar refractivity (Wildman–Crippen MR) is 95.1 cm³/mol. The van der Waals surface area contributed by atoms with Gasteiger partial charge in [-0.1, -0.05) is 0 Å². The van der Waals surface area contributed by atoms with Gasteiger partial charge in [0.1, 0.15) is 11.7 Å². The van der Waals surface area contributed by atoms with E-state index in [1.165, 1.54) is 11.3 Å². The van der Waals surface area contributed by atoms with E-state index in [9.17, 15) is 4.79 Å². The third-order valence-electron chi connectivity index (χ3n) is 4.28. The number of aromatic nitrogens is 4. The molecule has 136 valence electrons. The molecule has 1 aliphatic rings. The van der Waals surface area contributed by atoms with Crippen molar-refractivity contribution in [2.24, 2.45) is 0 Å². The lowest BCUT2D eigenvalue weighted by Gasteiger charge is -2.31. The number of hydrogen-bond donors (Lipinski definition) is 1. The van der Waals surface area contributed by atoms with E-state index in [0.717, 1.165) is 11.3 Å². The number of carbonyl (C=O) groups is 1. The van der Waals surface area contributed by atoms with Crippen LogP contribution < -0.4 is 5.32 Å². The molecule has 1 saturated heterocycles. The van der Waals surface area contributed by atoms with Gasteiger partial charge in [-0.05, 0) is 18.9 Å². The molecule has 2 atom stereocenters. The molecule has 3 aromatic rings. The highest BCUT2D eigenvalue weighted by Gasteiger charge is 2.29. The van der Waals surface area contributed by atoms with E-state index in [2.05, 4.69) is 20.4 Å². The molecule has 8 nitrogen and oxygen atoms in total. The van der Waals surface area contributed by atoms with Crippen LogP contribution in [0.25, 0.3) is 5.65 Å². The molecule has 1 N–H and O–H groups in total. The summed E-state index contributed by atoms with van der Waals surface area (Å²) in [5, 5.41) is 9.21. The van der Waals surface area contributed by atoms with Crippen LogP contribution in [-0.2, 0) is 16.1 Å². The fourth-order valence-electron chi connectivity index (χ4n) is 2.92. The van der Waals surface area contributed by atoms with Crippen molar-refractivity contribution in [2.45, 2.75) is 32.1 Å². The first-order valence-electron chi connectivity index (χ1n) is 8.38. The molecule has 0 saturated carbocycles. The van der Waals surface area contributed by atoms with Gasteiger partial charge in [-0.15, -0.1) is 11.3 Å². The Morgan fingerprint density at radius 2 is 2.38 bits per heavy atom. The summed E-state index contributed by atoms with van der Waals surface area (Å²) in [5.74, 6) is -0.203. The van der Waals surface area contributed by atoms with Crippen molar-refractivity contribution in [1.29, 1.82) is 0 Å². The molecule has 0 aromatic carbocycles. The second kappa shape index (κ2) is 7.48. The van der Waals surface area contributed by atoms with Crippen molar-refractivity contribution in [1.82, 2.24) is 24.9 Å². The summed E-state index contributed by atoms with van der Waals surface area (Å²) in [6, 6.07) is -0.129. The third kappa shape index (κ3) is 3.59. The fourth-order valence-corrected chi connectivity index (χ4v) is 3.46. The highest BCUT2D eigenvalue weighted by atomic mass is 32.1. The van der Waals surface area contributed by atoms with Crippen molar-refractivity contribution in [3.63, 3.8) is 0 Å². The van der Waals surface area contributed by atoms with E-state index in [-0.39, 0.29) is 18.1 Å². The molecular weight excluding hydrogens is 354 g/mol. The first-order chi connectivity index (χ1) is 12.7. The van der Waals surface area contributed by atoms with E-state index >= 15 is 0 Å². The fraction of sp³-hybridized carbons (Fsp3) is 0.412. The lowest BCUT2D eigenvalue weighted by atomic mass is 10.1. The molecular formula is C17H19N5O3S. The Labute approximate surface area is 154 Å². The summed E-state index contributed by atoms with van der Waals surface area (Å²) in [5.41, 5.74) is 4.63. The summed E-state index contributed by atoms with van der Waals surface area (Å²) in [7, 11) is 0. The first kappa shape index (κ1) is 17.1. The zero-order chi connectivity index (χ0) is 17.9. The molecule has 0 bridgehead atoms. The van der Waals surface area contributed by atoms with E-state index in [1.54, 1.807) is 22.4 Å². The van der Waals surface area contributed by atoms with Crippen LogP contribution in [0.3, 0.4) is 0 Å². The Hall–Kier alpha value is -2.36. The van der Waals surface area contributed by atoms with Crippen LogP contribution in [-0.4, -0.2) is 50.8 Å². The quantitative estimate of drug-likeness (QED) is 0.731. The summed E-state index contributed by atoms with van der Waals surface area (Å²) < 4.78 is 13.1. The number of rotatable bonds is 5. The normalized spacial score (nSPS) is 20.3. The number of nitrogens with zero attached hydrogens (tertiary/aromatic N) is 4. The largest absolute Gasteiger partial charge is 0.379 e. The van der Waals surface area contributed by atoms with Crippen LogP contribution in [0.4, 0.5) is 0 Å². The number of thiazole rings is 1. The van der Waals surface area contributed by atoms with Gasteiger partial charge < -0.3 is 14.8 Å². The highest BCUT2D eigenvalue weighted by molar-refractivity contribution is 7.07. The lowest BCUT2D eigenvalue weighted by molar-refractivity contribution is -0.0742. The van der Waals surface area contributed by atoms with E-state index in [1.807, 2.05) is 18.5 Å². The average Bonchev–Trinajstić information content (AvgIpc) is 3.30. The van der Waals surface area contributed by atoms with Crippen LogP contribution in [0.1, 0.15) is 28.0 Å². The molecule has 1 fully saturated rings. The van der Waals surface area contributed by atoms with Gasteiger partial charge in [-0.3, -0.25) is 4.79 Å². The van der Waals surface area contributed by atoms with Gasteiger partial charge in [0, 0.05) is 24.4 Å². The summed E-state index contributed by atoms with van der Waals surface area (Å²) in [4.78, 5) is 21.3. The van der Waals surface area contributed by atoms with E-state index < -0.39 is 0 Å². The van der Waals surface area contributed by atoms with Crippen LogP contribution >= 0.6 is 11.3 Å². The molecule has 3 aromatic heterocycles. The van der Waals surface area contributed by atoms with Crippen LogP contribution in [0, 0.1) is 6.92 Å². The van der Waals surface area contributed by atoms with Gasteiger partial charge in [-0.2, -0.15) is 5.10 Å². The Morgan fingerprint density at radius 3 is 3.23 bits per heavy atom. The SMILES string of the molecule is Cc1cnc2c(C(=O)N[C@@H]3CCOC[C@H]3OCc3cscn3)cnn2c1. The van der Waals surface area contributed by atoms with Crippen molar-refractivity contribution in [2.75, 3.05) is 13.2 Å². The maximum atomic E-state index is 12.7. The Kier molecular flexibility index (Phi) is 4.91. The first-order valence-corrected chi connectivity index (χ1v) is 9.32. The van der Waals surface area contributed by atoms with Gasteiger partial charge in [0.25, 0.3) is 5.91 Å². The van der Waals surface area contributed by atoms with Gasteiger partial charge >= 0.3 is 0 Å². The number of aryl methyl sites for hydroxylation is 1. The van der Waals surface area contributed by atoms with Crippen LogP contribution in [0.2, 0.25) is 0 Å². The van der Waals surface area contributed by atoms with E-state index in [0.29, 0.717) is 37.5 Å². The summed E-state index contributed by atoms with van der Waals surface area (Å²) in [6.45, 7) is 3.37. The molecule has 26 heavy (non-hydrogen) atoms. The predicted octanol–water partition coefficient (Wildman–Crippen LogP) is 1.60. The number of ether oxygens (including phenoxy) is 2. The second-order valence-electron chi connectivity index (χ2n) is 6.23. The number of amides is 1. The minimum atomic E-state index is -0.216. The molecule has 4 rings (SSSR count). The van der Waals surface area contributed by atoms with Gasteiger partial charge in [0.15, 0.2) is 5.65 Å². The smallest absolute Gasteiger partial charge is 0.257 e. The standard InChI is InChI=1S/C17H19N5O3S/c1-11-4-18-16-13(5-20-22(16)6-11)17(23)21-14-2-3-24-8-15(14)25-7-12-9-26-10-19-12/h4-6,9-10,14-15H,2-3,7-8H2,1H3,(H,21,23)/t14-,15-/m1/s1. The summed E-state index contributed by atoms with van der Waals surface area (Å²) >= 11 is 1.53. The number of fused-ring (bicyclic) bond motifs is 1. The second-order valence-corrected chi connectivity index (χ2v) is 6.95. The van der Waals surface area contributed by atoms with Crippen LogP contribution in [0.15, 0.2) is 29.5 Å². The molecule has 0 radical (unpaired) electrons. The Balaban J connectivity index is 1.45. The lowest BCUT2D eigenvalue weighted by Crippen LogP contribution is -2.50.